The first-order valence-electron chi connectivity index (χ1n) is 7.96. The minimum atomic E-state index is -0.528. The second-order valence-corrected chi connectivity index (χ2v) is 6.34. The zero-order valence-corrected chi connectivity index (χ0v) is 14.4. The Bertz CT molecular complexity index is 503. The number of likely N-dealkylation sites (N-methyl/N-ethyl adjacent to an activating group) is 1. The van der Waals surface area contributed by atoms with E-state index in [1.807, 2.05) is 32.6 Å². The molecule has 0 saturated carbocycles. The minimum Gasteiger partial charge on any atom is -0.444 e. The lowest BCUT2D eigenvalue weighted by molar-refractivity contribution is 0.0526. The topological polar surface area (TPSA) is 67.6 Å². The number of benzene rings is 1. The Morgan fingerprint density at radius 2 is 2.04 bits per heavy atom. The molecule has 0 aliphatic rings. The molecule has 0 spiro atoms. The fourth-order valence-corrected chi connectivity index (χ4v) is 2.37. The highest BCUT2D eigenvalue weighted by Crippen LogP contribution is 2.21. The van der Waals surface area contributed by atoms with Crippen molar-refractivity contribution in [2.24, 2.45) is 5.73 Å². The van der Waals surface area contributed by atoms with E-state index < -0.39 is 11.7 Å². The zero-order valence-electron chi connectivity index (χ0n) is 14.4. The quantitative estimate of drug-likeness (QED) is 0.809. The molecule has 1 atom stereocenters. The summed E-state index contributed by atoms with van der Waals surface area (Å²) < 4.78 is 19.2. The third-order valence-electron chi connectivity index (χ3n) is 3.36. The molecule has 23 heavy (non-hydrogen) atoms. The van der Waals surface area contributed by atoms with Gasteiger partial charge in [0.1, 0.15) is 11.4 Å². The summed E-state index contributed by atoms with van der Waals surface area (Å²) in [6.45, 7) is 8.82. The van der Waals surface area contributed by atoms with E-state index in [9.17, 15) is 9.18 Å². The molecule has 1 aromatic carbocycles. The summed E-state index contributed by atoms with van der Waals surface area (Å²) >= 11 is 0. The number of halogens is 1. The highest BCUT2D eigenvalue weighted by molar-refractivity contribution is 5.67. The number of anilines is 1. The Hall–Kier alpha value is -1.82. The van der Waals surface area contributed by atoms with Gasteiger partial charge in [0.25, 0.3) is 0 Å². The molecule has 0 aliphatic carbocycles. The molecule has 1 aromatic rings. The summed E-state index contributed by atoms with van der Waals surface area (Å²) in [6, 6.07) is 6.57. The summed E-state index contributed by atoms with van der Waals surface area (Å²) in [7, 11) is 0. The van der Waals surface area contributed by atoms with E-state index >= 15 is 0 Å². The van der Waals surface area contributed by atoms with Crippen LogP contribution in [0.15, 0.2) is 24.3 Å². The second-order valence-electron chi connectivity index (χ2n) is 6.34. The number of ether oxygens (including phenoxy) is 1. The van der Waals surface area contributed by atoms with Crippen LogP contribution in [-0.2, 0) is 4.74 Å². The standard InChI is InChI=1S/C17H28FN3O2/c1-5-21(15-9-7-6-8-14(15)18)13(12-19)10-11-20-16(22)23-17(2,3)4/h6-9,13H,5,10-12,19H2,1-4H3,(H,20,22). The van der Waals surface area contributed by atoms with Gasteiger partial charge in [-0.1, -0.05) is 12.1 Å². The first-order chi connectivity index (χ1) is 10.8. The molecule has 0 aromatic heterocycles. The van der Waals surface area contributed by atoms with E-state index in [0.29, 0.717) is 31.7 Å². The minimum absolute atomic E-state index is 0.0631. The van der Waals surface area contributed by atoms with Gasteiger partial charge in [0.15, 0.2) is 0 Å². The van der Waals surface area contributed by atoms with Crippen LogP contribution in [0.4, 0.5) is 14.9 Å². The number of nitrogens with two attached hydrogens (primary N) is 1. The van der Waals surface area contributed by atoms with Gasteiger partial charge in [0.2, 0.25) is 0 Å². The van der Waals surface area contributed by atoms with Crippen molar-refractivity contribution in [1.82, 2.24) is 5.32 Å². The normalized spacial score (nSPS) is 12.6. The number of rotatable bonds is 7. The van der Waals surface area contributed by atoms with Crippen molar-refractivity contribution in [2.75, 3.05) is 24.5 Å². The van der Waals surface area contributed by atoms with Crippen molar-refractivity contribution in [3.05, 3.63) is 30.1 Å². The molecule has 1 amide bonds. The fraction of sp³-hybridized carbons (Fsp3) is 0.588. The summed E-state index contributed by atoms with van der Waals surface area (Å²) in [4.78, 5) is 13.6. The Morgan fingerprint density at radius 1 is 1.39 bits per heavy atom. The van der Waals surface area contributed by atoms with Crippen molar-refractivity contribution in [3.8, 4) is 0 Å². The largest absolute Gasteiger partial charge is 0.444 e. The van der Waals surface area contributed by atoms with E-state index in [4.69, 9.17) is 10.5 Å². The van der Waals surface area contributed by atoms with Crippen LogP contribution in [0.5, 0.6) is 0 Å². The Morgan fingerprint density at radius 3 is 2.57 bits per heavy atom. The van der Waals surface area contributed by atoms with E-state index in [0.717, 1.165) is 0 Å². The van der Waals surface area contributed by atoms with Crippen molar-refractivity contribution >= 4 is 11.8 Å². The zero-order chi connectivity index (χ0) is 17.5. The van der Waals surface area contributed by atoms with Gasteiger partial charge in [-0.25, -0.2) is 9.18 Å². The molecule has 1 rings (SSSR count). The Kier molecular flexibility index (Phi) is 7.29. The second kappa shape index (κ2) is 8.72. The van der Waals surface area contributed by atoms with E-state index in [-0.39, 0.29) is 11.9 Å². The van der Waals surface area contributed by atoms with Gasteiger partial charge in [0.05, 0.1) is 5.69 Å². The van der Waals surface area contributed by atoms with Gasteiger partial charge < -0.3 is 20.7 Å². The maximum Gasteiger partial charge on any atom is 0.407 e. The first kappa shape index (κ1) is 19.2. The van der Waals surface area contributed by atoms with E-state index in [1.54, 1.807) is 18.2 Å². The number of hydrogen-bond acceptors (Lipinski definition) is 4. The molecule has 0 fully saturated rings. The molecule has 0 bridgehead atoms. The van der Waals surface area contributed by atoms with Crippen molar-refractivity contribution in [2.45, 2.75) is 45.8 Å². The van der Waals surface area contributed by atoms with Crippen LogP contribution in [0.25, 0.3) is 0 Å². The molecule has 0 aliphatic heterocycles. The molecule has 5 nitrogen and oxygen atoms in total. The number of carbonyl (C=O) groups is 1. The van der Waals surface area contributed by atoms with Crippen LogP contribution in [0.1, 0.15) is 34.1 Å². The average molecular weight is 325 g/mol. The van der Waals surface area contributed by atoms with Crippen LogP contribution in [0.3, 0.4) is 0 Å². The lowest BCUT2D eigenvalue weighted by atomic mass is 10.1. The number of alkyl carbamates (subject to hydrolysis) is 1. The highest BCUT2D eigenvalue weighted by Gasteiger charge is 2.20. The molecule has 1 unspecified atom stereocenters. The number of para-hydroxylation sites is 1. The predicted octanol–water partition coefficient (Wildman–Crippen LogP) is 2.89. The highest BCUT2D eigenvalue weighted by atomic mass is 19.1. The van der Waals surface area contributed by atoms with Crippen LogP contribution in [0, 0.1) is 5.82 Å². The number of carbonyl (C=O) groups excluding carboxylic acids is 1. The van der Waals surface area contributed by atoms with E-state index in [1.165, 1.54) is 6.07 Å². The smallest absolute Gasteiger partial charge is 0.407 e. The molecular formula is C17H28FN3O2. The van der Waals surface area contributed by atoms with E-state index in [2.05, 4.69) is 5.32 Å². The van der Waals surface area contributed by atoms with Gasteiger partial charge in [-0.05, 0) is 46.2 Å². The molecule has 6 heteroatoms. The number of hydrogen-bond donors (Lipinski definition) is 2. The van der Waals surface area contributed by atoms with Gasteiger partial charge >= 0.3 is 6.09 Å². The van der Waals surface area contributed by atoms with Crippen LogP contribution < -0.4 is 16.0 Å². The summed E-state index contributed by atoms with van der Waals surface area (Å²) in [6.07, 6.45) is 0.153. The summed E-state index contributed by atoms with van der Waals surface area (Å²) in [5.41, 5.74) is 5.85. The summed E-state index contributed by atoms with van der Waals surface area (Å²) in [5.74, 6) is -0.270. The average Bonchev–Trinajstić information content (AvgIpc) is 2.46. The third-order valence-corrected chi connectivity index (χ3v) is 3.36. The maximum atomic E-state index is 14.0. The Balaban J connectivity index is 2.62. The SMILES string of the molecule is CCN(c1ccccc1F)C(CN)CCNC(=O)OC(C)(C)C. The lowest BCUT2D eigenvalue weighted by Crippen LogP contribution is -2.44. The van der Waals surface area contributed by atoms with Crippen LogP contribution in [-0.4, -0.2) is 37.4 Å². The van der Waals surface area contributed by atoms with Gasteiger partial charge in [0, 0.05) is 25.7 Å². The van der Waals surface area contributed by atoms with Crippen LogP contribution >= 0.6 is 0 Å². The number of amides is 1. The third kappa shape index (κ3) is 6.44. The predicted molar refractivity (Wildman–Crippen MR) is 91.1 cm³/mol. The fourth-order valence-electron chi connectivity index (χ4n) is 2.37. The van der Waals surface area contributed by atoms with Gasteiger partial charge in [-0.15, -0.1) is 0 Å². The molecule has 0 saturated heterocycles. The van der Waals surface area contributed by atoms with Gasteiger partial charge in [-0.2, -0.15) is 0 Å². The summed E-state index contributed by atoms with van der Waals surface area (Å²) in [5, 5.41) is 2.71. The lowest BCUT2D eigenvalue weighted by Gasteiger charge is -2.32. The molecule has 130 valence electrons. The number of nitrogens with zero attached hydrogens (tertiary/aromatic N) is 1. The monoisotopic (exact) mass is 325 g/mol. The van der Waals surface area contributed by atoms with Crippen LogP contribution in [0.2, 0.25) is 0 Å². The van der Waals surface area contributed by atoms with Crippen molar-refractivity contribution < 1.29 is 13.9 Å². The molecule has 0 heterocycles. The maximum absolute atomic E-state index is 14.0. The Labute approximate surface area is 138 Å². The first-order valence-corrected chi connectivity index (χ1v) is 7.96. The van der Waals surface area contributed by atoms with Crippen molar-refractivity contribution in [3.63, 3.8) is 0 Å². The molecular weight excluding hydrogens is 297 g/mol. The van der Waals surface area contributed by atoms with Crippen molar-refractivity contribution in [1.29, 1.82) is 0 Å². The number of nitrogens with one attached hydrogen (secondary N) is 1. The molecule has 3 N–H and O–H groups in total. The molecule has 0 radical (unpaired) electrons. The van der Waals surface area contributed by atoms with Gasteiger partial charge in [-0.3, -0.25) is 0 Å².